The van der Waals surface area contributed by atoms with Crippen LogP contribution in [0.25, 0.3) is 0 Å². The van der Waals surface area contributed by atoms with Crippen molar-refractivity contribution in [3.05, 3.63) is 23.8 Å². The maximum absolute atomic E-state index is 12.4. The Labute approximate surface area is 149 Å². The van der Waals surface area contributed by atoms with E-state index in [0.29, 0.717) is 6.42 Å². The lowest BCUT2D eigenvalue weighted by Gasteiger charge is -2.26. The summed E-state index contributed by atoms with van der Waals surface area (Å²) in [5.41, 5.74) is -5.34. The van der Waals surface area contributed by atoms with Crippen LogP contribution in [0.4, 0.5) is 26.3 Å². The zero-order chi connectivity index (χ0) is 20.5. The summed E-state index contributed by atoms with van der Waals surface area (Å²) in [4.78, 5) is 10.8. The number of hydrogen-bond donors (Lipinski definition) is 1. The molecule has 0 spiro atoms. The van der Waals surface area contributed by atoms with E-state index >= 15 is 0 Å². The fourth-order valence-corrected chi connectivity index (χ4v) is 2.88. The lowest BCUT2D eigenvalue weighted by Crippen LogP contribution is -2.37. The van der Waals surface area contributed by atoms with Crippen LogP contribution in [-0.2, 0) is 14.9 Å². The Morgan fingerprint density at radius 3 is 2.48 bits per heavy atom. The van der Waals surface area contributed by atoms with E-state index in [0.717, 1.165) is 12.1 Å². The van der Waals surface area contributed by atoms with Gasteiger partial charge in [-0.25, -0.2) is 0 Å². The number of benzene rings is 1. The molecule has 27 heavy (non-hydrogen) atoms. The van der Waals surface area contributed by atoms with Crippen molar-refractivity contribution in [2.75, 3.05) is 13.2 Å². The summed E-state index contributed by atoms with van der Waals surface area (Å²) in [6, 6.07) is 3.20. The minimum atomic E-state index is -5.86. The van der Waals surface area contributed by atoms with Crippen LogP contribution in [-0.4, -0.2) is 39.2 Å². The van der Waals surface area contributed by atoms with Crippen molar-refractivity contribution in [3.8, 4) is 11.5 Å². The third-order valence-corrected chi connectivity index (χ3v) is 4.65. The van der Waals surface area contributed by atoms with Gasteiger partial charge in [0.05, 0.1) is 6.61 Å². The molecule has 0 aromatic heterocycles. The number of carbonyl (C=O) groups excluding carboxylic acids is 1. The Bertz CT molecular complexity index is 805. The fourth-order valence-electron chi connectivity index (χ4n) is 2.43. The van der Waals surface area contributed by atoms with Crippen LogP contribution in [0.15, 0.2) is 18.2 Å². The van der Waals surface area contributed by atoms with E-state index in [1.807, 2.05) is 0 Å². The second-order valence-corrected chi connectivity index (χ2v) is 7.10. The molecule has 13 heteroatoms. The maximum atomic E-state index is 12.4. The molecule has 0 fully saturated rings. The Morgan fingerprint density at radius 2 is 1.89 bits per heavy atom. The molecule has 1 aromatic carbocycles. The zero-order valence-corrected chi connectivity index (χ0v) is 14.2. The predicted molar refractivity (Wildman–Crippen MR) is 78.6 cm³/mol. The monoisotopic (exact) mass is 421 g/mol. The number of ether oxygens (including phenoxy) is 1. The van der Waals surface area contributed by atoms with Crippen molar-refractivity contribution in [3.63, 3.8) is 0 Å². The van der Waals surface area contributed by atoms with Gasteiger partial charge in [-0.15, -0.1) is 0 Å². The van der Waals surface area contributed by atoms with E-state index in [-0.39, 0.29) is 30.9 Å². The van der Waals surface area contributed by atoms with Gasteiger partial charge in [-0.05, 0) is 37.0 Å². The van der Waals surface area contributed by atoms with Gasteiger partial charge in [0.15, 0.2) is 0 Å². The van der Waals surface area contributed by atoms with Gasteiger partial charge in [-0.2, -0.15) is 34.8 Å². The number of halogens is 6. The van der Waals surface area contributed by atoms with Crippen molar-refractivity contribution in [2.24, 2.45) is 0 Å². The molecule has 1 N–H and O–H groups in total. The number of rotatable bonds is 5. The molecule has 1 aliphatic rings. The Morgan fingerprint density at radius 1 is 1.22 bits per heavy atom. The van der Waals surface area contributed by atoms with Gasteiger partial charge in [0.1, 0.15) is 11.5 Å². The molecule has 1 unspecified atom stereocenters. The van der Waals surface area contributed by atoms with Crippen molar-refractivity contribution < 1.29 is 48.5 Å². The quantitative estimate of drug-likeness (QED) is 0.449. The number of amides is 1. The third kappa shape index (κ3) is 5.17. The Hall–Kier alpha value is -2.18. The van der Waals surface area contributed by atoms with Gasteiger partial charge in [-0.3, -0.25) is 4.79 Å². The fraction of sp³-hybridized carbons (Fsp3) is 0.500. The lowest BCUT2D eigenvalue weighted by molar-refractivity contribution is -0.173. The highest BCUT2D eigenvalue weighted by Crippen LogP contribution is 2.39. The van der Waals surface area contributed by atoms with E-state index in [4.69, 9.17) is 4.74 Å². The first-order valence-electron chi connectivity index (χ1n) is 7.44. The predicted octanol–water partition coefficient (Wildman–Crippen LogP) is 2.85. The average Bonchev–Trinajstić information content (AvgIpc) is 2.52. The molecule has 6 nitrogen and oxygen atoms in total. The molecule has 0 saturated carbocycles. The molecule has 1 amide bonds. The highest BCUT2D eigenvalue weighted by Gasteiger charge is 2.48. The van der Waals surface area contributed by atoms with Gasteiger partial charge in [0.2, 0.25) is 0 Å². The van der Waals surface area contributed by atoms with E-state index in [1.54, 1.807) is 5.32 Å². The summed E-state index contributed by atoms with van der Waals surface area (Å²) >= 11 is 0. The van der Waals surface area contributed by atoms with E-state index in [9.17, 15) is 39.6 Å². The van der Waals surface area contributed by atoms with E-state index in [1.165, 1.54) is 6.07 Å². The molecule has 1 heterocycles. The standard InChI is InChI=1S/C14H13F6NO5S/c15-13(16,17)12(22)21-5-3-8-4-6-25-11-2-1-9(7-10(8)11)26-27(23,24)14(18,19)20/h1-2,7-8H,3-6H2,(H,21,22). The molecule has 0 bridgehead atoms. The Kier molecular flexibility index (Phi) is 5.82. The highest BCUT2D eigenvalue weighted by atomic mass is 32.2. The number of carbonyl (C=O) groups is 1. The second kappa shape index (κ2) is 7.44. The molecule has 1 aromatic rings. The van der Waals surface area contributed by atoms with Crippen LogP contribution in [0.2, 0.25) is 0 Å². The summed E-state index contributed by atoms with van der Waals surface area (Å²) < 4.78 is 105. The molecule has 1 atom stereocenters. The normalized spacial score (nSPS) is 17.6. The SMILES string of the molecule is O=C(NCCC1CCOc2ccc(OS(=O)(=O)C(F)(F)F)cc21)C(F)(F)F. The lowest BCUT2D eigenvalue weighted by atomic mass is 9.90. The van der Waals surface area contributed by atoms with Crippen LogP contribution >= 0.6 is 0 Å². The van der Waals surface area contributed by atoms with Crippen molar-refractivity contribution in [1.29, 1.82) is 0 Å². The van der Waals surface area contributed by atoms with E-state index in [2.05, 4.69) is 4.18 Å². The zero-order valence-electron chi connectivity index (χ0n) is 13.4. The van der Waals surface area contributed by atoms with Crippen LogP contribution in [0.5, 0.6) is 11.5 Å². The molecular formula is C14H13F6NO5S. The second-order valence-electron chi connectivity index (χ2n) is 5.56. The summed E-state index contributed by atoms with van der Waals surface area (Å²) in [5.74, 6) is -2.95. The van der Waals surface area contributed by atoms with Gasteiger partial charge in [-0.1, -0.05) is 0 Å². The molecule has 1 aliphatic heterocycles. The van der Waals surface area contributed by atoms with Crippen LogP contribution < -0.4 is 14.2 Å². The van der Waals surface area contributed by atoms with E-state index < -0.39 is 39.4 Å². The highest BCUT2D eigenvalue weighted by molar-refractivity contribution is 7.88. The number of hydrogen-bond acceptors (Lipinski definition) is 5. The van der Waals surface area contributed by atoms with Gasteiger partial charge >= 0.3 is 27.7 Å². The van der Waals surface area contributed by atoms with Gasteiger partial charge in [0.25, 0.3) is 0 Å². The Balaban J connectivity index is 2.12. The molecule has 152 valence electrons. The van der Waals surface area contributed by atoms with Crippen molar-refractivity contribution >= 4 is 16.0 Å². The summed E-state index contributed by atoms with van der Waals surface area (Å²) in [7, 11) is -5.86. The third-order valence-electron chi connectivity index (χ3n) is 3.67. The summed E-state index contributed by atoms with van der Waals surface area (Å²) in [6.45, 7) is -0.139. The maximum Gasteiger partial charge on any atom is 0.534 e. The molecule has 2 rings (SSSR count). The first-order valence-corrected chi connectivity index (χ1v) is 8.84. The first kappa shape index (κ1) is 21.1. The molecule has 0 radical (unpaired) electrons. The van der Waals surface area contributed by atoms with Gasteiger partial charge < -0.3 is 14.2 Å². The molecule has 0 saturated heterocycles. The van der Waals surface area contributed by atoms with Crippen molar-refractivity contribution in [2.45, 2.75) is 30.4 Å². The largest absolute Gasteiger partial charge is 0.534 e. The first-order chi connectivity index (χ1) is 12.3. The average molecular weight is 421 g/mol. The topological polar surface area (TPSA) is 81.7 Å². The molecule has 0 aliphatic carbocycles. The smallest absolute Gasteiger partial charge is 0.493 e. The molecular weight excluding hydrogens is 408 g/mol. The number of fused-ring (bicyclic) bond motifs is 1. The van der Waals surface area contributed by atoms with Gasteiger partial charge in [0, 0.05) is 12.1 Å². The number of alkyl halides is 6. The van der Waals surface area contributed by atoms with Crippen LogP contribution in [0, 0.1) is 0 Å². The van der Waals surface area contributed by atoms with Crippen LogP contribution in [0.3, 0.4) is 0 Å². The number of nitrogens with one attached hydrogen (secondary N) is 1. The minimum Gasteiger partial charge on any atom is -0.493 e. The minimum absolute atomic E-state index is 0.0354. The van der Waals surface area contributed by atoms with Crippen LogP contribution in [0.1, 0.15) is 24.3 Å². The summed E-state index contributed by atoms with van der Waals surface area (Å²) in [5, 5.41) is 1.69. The van der Waals surface area contributed by atoms with Crippen molar-refractivity contribution in [1.82, 2.24) is 5.32 Å². The summed E-state index contributed by atoms with van der Waals surface area (Å²) in [6.07, 6.45) is -4.68.